The summed E-state index contributed by atoms with van der Waals surface area (Å²) in [5, 5.41) is 2.04. The fraction of sp³-hybridized carbons (Fsp3) is 0.167. The van der Waals surface area contributed by atoms with Gasteiger partial charge in [0.25, 0.3) is 0 Å². The first-order valence-electron chi connectivity index (χ1n) is 2.38. The Morgan fingerprint density at radius 2 is 2.62 bits per heavy atom. The maximum atomic E-state index is 3.74. The van der Waals surface area contributed by atoms with Crippen LogP contribution in [-0.2, 0) is 6.61 Å². The summed E-state index contributed by atoms with van der Waals surface area (Å²) in [7, 11) is 3.39. The summed E-state index contributed by atoms with van der Waals surface area (Å²) in [5.74, 6) is 0. The Labute approximate surface area is 52.9 Å². The molecule has 0 amide bonds. The average Bonchev–Trinajstić information content (AvgIpc) is 2.19. The van der Waals surface area contributed by atoms with Crippen LogP contribution in [0.25, 0.3) is 0 Å². The van der Waals surface area contributed by atoms with Gasteiger partial charge < -0.3 is 4.74 Å². The molecular formula is C6H8OS. The number of ether oxygens (including phenoxy) is 1. The predicted molar refractivity (Wildman–Crippen MR) is 35.6 cm³/mol. The van der Waals surface area contributed by atoms with Crippen LogP contribution in [0.1, 0.15) is 4.88 Å². The highest BCUT2D eigenvalue weighted by atomic mass is 32.1. The SMILES string of the molecule is [CH2-][OH+]Cc1cccs1. The highest BCUT2D eigenvalue weighted by Crippen LogP contribution is 2.07. The molecule has 8 heavy (non-hydrogen) atoms. The third-order valence-electron chi connectivity index (χ3n) is 0.848. The Bertz CT molecular complexity index is 134. The minimum atomic E-state index is 0.762. The van der Waals surface area contributed by atoms with Crippen LogP contribution in [-0.4, -0.2) is 4.74 Å². The first-order chi connectivity index (χ1) is 3.93. The molecular weight excluding hydrogens is 120 g/mol. The van der Waals surface area contributed by atoms with Gasteiger partial charge in [-0.3, -0.25) is 0 Å². The van der Waals surface area contributed by atoms with Gasteiger partial charge in [0.05, 0.1) is 4.88 Å². The van der Waals surface area contributed by atoms with Gasteiger partial charge in [-0.1, -0.05) is 13.2 Å². The summed E-state index contributed by atoms with van der Waals surface area (Å²) in [6.45, 7) is 0.762. The summed E-state index contributed by atoms with van der Waals surface area (Å²) in [4.78, 5) is 1.28. The highest BCUT2D eigenvalue weighted by molar-refractivity contribution is 7.09. The quantitative estimate of drug-likeness (QED) is 0.423. The molecule has 0 spiro atoms. The molecule has 1 aromatic rings. The average molecular weight is 128 g/mol. The molecule has 1 aromatic heterocycles. The van der Waals surface area contributed by atoms with E-state index in [1.807, 2.05) is 11.4 Å². The summed E-state index contributed by atoms with van der Waals surface area (Å²) < 4.78 is 3.74. The maximum Gasteiger partial charge on any atom is 0.154 e. The standard InChI is InChI=1S/C6H8OS/c1-7-5-6-3-2-4-8-6/h2-4,7H,1,5H2. The number of hydrogen-bond acceptors (Lipinski definition) is 1. The lowest BCUT2D eigenvalue weighted by Gasteiger charge is -1.93. The minimum absolute atomic E-state index is 0.762. The van der Waals surface area contributed by atoms with Crippen molar-refractivity contribution in [1.29, 1.82) is 0 Å². The molecule has 1 N–H and O–H groups in total. The lowest BCUT2D eigenvalue weighted by Crippen LogP contribution is -1.82. The van der Waals surface area contributed by atoms with Crippen LogP contribution in [0.4, 0.5) is 0 Å². The third-order valence-corrected chi connectivity index (χ3v) is 1.71. The zero-order valence-electron chi connectivity index (χ0n) is 4.50. The summed E-state index contributed by atoms with van der Waals surface area (Å²) in [6.07, 6.45) is 0. The molecule has 0 radical (unpaired) electrons. The molecule has 0 fully saturated rings. The smallest absolute Gasteiger partial charge is 0.154 e. The molecule has 44 valence electrons. The van der Waals surface area contributed by atoms with Crippen molar-refractivity contribution in [1.82, 2.24) is 0 Å². The first-order valence-corrected chi connectivity index (χ1v) is 3.26. The van der Waals surface area contributed by atoms with Gasteiger partial charge in [-0.05, 0) is 11.4 Å². The van der Waals surface area contributed by atoms with Crippen LogP contribution in [0.5, 0.6) is 0 Å². The summed E-state index contributed by atoms with van der Waals surface area (Å²) in [5.41, 5.74) is 0. The lowest BCUT2D eigenvalue weighted by atomic mass is 10.5. The molecule has 1 heterocycles. The zero-order valence-corrected chi connectivity index (χ0v) is 5.32. The van der Waals surface area contributed by atoms with Crippen molar-refractivity contribution < 1.29 is 4.74 Å². The van der Waals surface area contributed by atoms with Crippen LogP contribution in [0, 0.1) is 7.11 Å². The van der Waals surface area contributed by atoms with Crippen LogP contribution in [0.2, 0.25) is 0 Å². The van der Waals surface area contributed by atoms with E-state index in [1.54, 1.807) is 11.3 Å². The largest absolute Gasteiger partial charge is 0.578 e. The van der Waals surface area contributed by atoms with Gasteiger partial charge in [0.1, 0.15) is 0 Å². The van der Waals surface area contributed by atoms with Crippen LogP contribution in [0.15, 0.2) is 17.5 Å². The van der Waals surface area contributed by atoms with Crippen molar-refractivity contribution in [2.75, 3.05) is 0 Å². The monoisotopic (exact) mass is 128 g/mol. The van der Waals surface area contributed by atoms with E-state index in [4.69, 9.17) is 0 Å². The van der Waals surface area contributed by atoms with Crippen LogP contribution >= 0.6 is 11.3 Å². The Hall–Kier alpha value is -0.340. The van der Waals surface area contributed by atoms with E-state index in [9.17, 15) is 0 Å². The van der Waals surface area contributed by atoms with E-state index in [2.05, 4.69) is 17.9 Å². The maximum absolute atomic E-state index is 3.74. The third kappa shape index (κ3) is 1.32. The molecule has 0 saturated heterocycles. The molecule has 0 aromatic carbocycles. The van der Waals surface area contributed by atoms with Crippen molar-refractivity contribution in [2.45, 2.75) is 6.61 Å². The normalized spacial score (nSPS) is 9.62. The van der Waals surface area contributed by atoms with E-state index in [0.29, 0.717) is 0 Å². The second-order valence-electron chi connectivity index (χ2n) is 1.46. The topological polar surface area (TPSA) is 12.8 Å². The second-order valence-corrected chi connectivity index (χ2v) is 2.49. The Kier molecular flexibility index (Phi) is 2.06. The van der Waals surface area contributed by atoms with E-state index in [-0.39, 0.29) is 0 Å². The molecule has 0 aliphatic rings. The molecule has 0 atom stereocenters. The molecule has 1 rings (SSSR count). The van der Waals surface area contributed by atoms with Crippen molar-refractivity contribution in [3.05, 3.63) is 29.5 Å². The lowest BCUT2D eigenvalue weighted by molar-refractivity contribution is 0.0421. The Morgan fingerprint density at radius 3 is 3.12 bits per heavy atom. The number of hydrogen-bond donors (Lipinski definition) is 0. The van der Waals surface area contributed by atoms with Gasteiger partial charge in [-0.15, -0.1) is 11.3 Å². The zero-order chi connectivity index (χ0) is 5.82. The number of thiophene rings is 1. The van der Waals surface area contributed by atoms with Gasteiger partial charge in [0, 0.05) is 0 Å². The summed E-state index contributed by atoms with van der Waals surface area (Å²) in [6, 6.07) is 4.07. The van der Waals surface area contributed by atoms with Crippen LogP contribution in [0.3, 0.4) is 0 Å². The van der Waals surface area contributed by atoms with Gasteiger partial charge in [-0.25, -0.2) is 0 Å². The van der Waals surface area contributed by atoms with E-state index in [0.717, 1.165) is 6.61 Å². The van der Waals surface area contributed by atoms with Crippen molar-refractivity contribution in [2.24, 2.45) is 0 Å². The predicted octanol–water partition coefficient (Wildman–Crippen LogP) is 1.57. The van der Waals surface area contributed by atoms with Gasteiger partial charge in [0.2, 0.25) is 0 Å². The fourth-order valence-corrected chi connectivity index (χ4v) is 1.17. The molecule has 0 unspecified atom stereocenters. The van der Waals surface area contributed by atoms with Crippen molar-refractivity contribution in [3.63, 3.8) is 0 Å². The van der Waals surface area contributed by atoms with Crippen molar-refractivity contribution >= 4 is 11.3 Å². The summed E-state index contributed by atoms with van der Waals surface area (Å²) >= 11 is 1.71. The molecule has 1 nitrogen and oxygen atoms in total. The molecule has 2 heteroatoms. The van der Waals surface area contributed by atoms with Gasteiger partial charge >= 0.3 is 0 Å². The van der Waals surface area contributed by atoms with Crippen LogP contribution < -0.4 is 0 Å². The second kappa shape index (κ2) is 2.84. The van der Waals surface area contributed by atoms with Crippen molar-refractivity contribution in [3.8, 4) is 0 Å². The molecule has 0 saturated carbocycles. The van der Waals surface area contributed by atoms with Gasteiger partial charge in [0.15, 0.2) is 6.61 Å². The molecule has 0 aliphatic carbocycles. The highest BCUT2D eigenvalue weighted by Gasteiger charge is 1.88. The van der Waals surface area contributed by atoms with E-state index in [1.165, 1.54) is 4.88 Å². The number of aliphatic hydroxyl groups is 2. The molecule has 0 aliphatic heterocycles. The Morgan fingerprint density at radius 1 is 1.75 bits per heavy atom. The number of rotatable bonds is 2. The first kappa shape index (κ1) is 5.79. The van der Waals surface area contributed by atoms with E-state index < -0.39 is 0 Å². The van der Waals surface area contributed by atoms with Gasteiger partial charge in [-0.2, -0.15) is 0 Å². The molecule has 0 bridgehead atoms. The Balaban J connectivity index is 2.50. The van der Waals surface area contributed by atoms with E-state index >= 15 is 0 Å². The fourth-order valence-electron chi connectivity index (χ4n) is 0.513. The minimum Gasteiger partial charge on any atom is -0.578 e.